The molecule has 7 nitrogen and oxygen atoms in total. The quantitative estimate of drug-likeness (QED) is 0.355. The molecule has 10 heteroatoms. The number of ether oxygens (including phenoxy) is 2. The lowest BCUT2D eigenvalue weighted by molar-refractivity contribution is -0.208. The molecule has 0 spiro atoms. The highest BCUT2D eigenvalue weighted by Crippen LogP contribution is 2.34. The highest BCUT2D eigenvalue weighted by molar-refractivity contribution is 5.88. The average molecular weight is 518 g/mol. The molecule has 0 radical (unpaired) electrons. The summed E-state index contributed by atoms with van der Waals surface area (Å²) in [5.74, 6) is -4.61. The fourth-order valence-corrected chi connectivity index (χ4v) is 4.81. The number of hydrogen-bond donors (Lipinski definition) is 3. The number of aromatic amines is 1. The van der Waals surface area contributed by atoms with Crippen LogP contribution in [0.25, 0.3) is 10.9 Å². The summed E-state index contributed by atoms with van der Waals surface area (Å²) >= 11 is 0. The van der Waals surface area contributed by atoms with Gasteiger partial charge in [0.1, 0.15) is 12.6 Å². The summed E-state index contributed by atoms with van der Waals surface area (Å²) in [5, 5.41) is 6.13. The zero-order chi connectivity index (χ0) is 26.4. The van der Waals surface area contributed by atoms with Crippen LogP contribution in [0, 0.1) is 5.92 Å². The van der Waals surface area contributed by atoms with E-state index in [9.17, 15) is 22.8 Å². The molecule has 37 heavy (non-hydrogen) atoms. The predicted octanol–water partition coefficient (Wildman–Crippen LogP) is 3.88. The molecule has 1 fully saturated rings. The van der Waals surface area contributed by atoms with Crippen molar-refractivity contribution in [1.29, 1.82) is 0 Å². The van der Waals surface area contributed by atoms with Crippen molar-refractivity contribution in [3.8, 4) is 0 Å². The van der Waals surface area contributed by atoms with Crippen LogP contribution >= 0.6 is 0 Å². The lowest BCUT2D eigenvalue weighted by atomic mass is 9.92. The smallest absolute Gasteiger partial charge is 0.403 e. The minimum Gasteiger partial charge on any atom is -0.459 e. The Morgan fingerprint density at radius 2 is 1.84 bits per heavy atom. The molecule has 1 aromatic heterocycles. The van der Waals surface area contributed by atoms with Gasteiger partial charge in [-0.1, -0.05) is 48.5 Å². The molecule has 1 aliphatic heterocycles. The number of carbonyl (C=O) groups excluding carboxylic acids is 2. The van der Waals surface area contributed by atoms with E-state index in [4.69, 9.17) is 9.47 Å². The molecule has 3 N–H and O–H groups in total. The number of para-hydroxylation sites is 1. The number of benzene rings is 2. The van der Waals surface area contributed by atoms with E-state index in [1.54, 1.807) is 30.5 Å². The lowest BCUT2D eigenvalue weighted by Gasteiger charge is -2.32. The third-order valence-electron chi connectivity index (χ3n) is 6.65. The number of fused-ring (bicyclic) bond motifs is 1. The van der Waals surface area contributed by atoms with Crippen molar-refractivity contribution in [1.82, 2.24) is 15.6 Å². The molecule has 2 heterocycles. The number of aromatic nitrogens is 1. The van der Waals surface area contributed by atoms with Crippen LogP contribution in [0.1, 0.15) is 24.0 Å². The molecule has 1 amide bonds. The Labute approximate surface area is 212 Å². The molecule has 2 aromatic carbocycles. The minimum atomic E-state index is -4.88. The largest absolute Gasteiger partial charge is 0.459 e. The SMILES string of the molecule is CO[C@@H]([C@@H]1CCCN1)[C@H](C(=O)N[C@@H](Cc1c[nH]c2ccccc12)C(=O)OCc1ccccc1)C(F)(F)F. The van der Waals surface area contributed by atoms with Crippen LogP contribution in [0.5, 0.6) is 0 Å². The summed E-state index contributed by atoms with van der Waals surface area (Å²) in [5.41, 5.74) is 2.19. The van der Waals surface area contributed by atoms with Crippen LogP contribution in [0.15, 0.2) is 60.8 Å². The van der Waals surface area contributed by atoms with E-state index in [2.05, 4.69) is 15.6 Å². The van der Waals surface area contributed by atoms with Gasteiger partial charge in [0.25, 0.3) is 0 Å². The first kappa shape index (κ1) is 26.7. The summed E-state index contributed by atoms with van der Waals surface area (Å²) in [6, 6.07) is 14.3. The van der Waals surface area contributed by atoms with Gasteiger partial charge in [-0.25, -0.2) is 4.79 Å². The summed E-state index contributed by atoms with van der Waals surface area (Å²) in [6.45, 7) is 0.473. The molecular weight excluding hydrogens is 487 g/mol. The van der Waals surface area contributed by atoms with Gasteiger partial charge in [-0.3, -0.25) is 4.79 Å². The summed E-state index contributed by atoms with van der Waals surface area (Å²) < 4.78 is 53.1. The van der Waals surface area contributed by atoms with Crippen molar-refractivity contribution >= 4 is 22.8 Å². The first-order valence-electron chi connectivity index (χ1n) is 12.2. The third kappa shape index (κ3) is 6.50. The molecule has 4 atom stereocenters. The van der Waals surface area contributed by atoms with Gasteiger partial charge in [0.05, 0.1) is 6.10 Å². The maximum Gasteiger partial charge on any atom is 0.403 e. The average Bonchev–Trinajstić information content (AvgIpc) is 3.56. The van der Waals surface area contributed by atoms with E-state index in [1.165, 1.54) is 0 Å². The Hall–Kier alpha value is -3.37. The van der Waals surface area contributed by atoms with Crippen LogP contribution < -0.4 is 10.6 Å². The molecular formula is C27H30F3N3O4. The first-order valence-corrected chi connectivity index (χ1v) is 12.2. The molecule has 1 saturated heterocycles. The van der Waals surface area contributed by atoms with Gasteiger partial charge < -0.3 is 25.1 Å². The second kappa shape index (κ2) is 11.8. The molecule has 0 bridgehead atoms. The van der Waals surface area contributed by atoms with Crippen LogP contribution in [-0.4, -0.2) is 54.9 Å². The van der Waals surface area contributed by atoms with Crippen LogP contribution in [0.2, 0.25) is 0 Å². The Bertz CT molecular complexity index is 1190. The number of alkyl halides is 3. The predicted molar refractivity (Wildman–Crippen MR) is 132 cm³/mol. The minimum absolute atomic E-state index is 0.0483. The number of halogens is 3. The Kier molecular flexibility index (Phi) is 8.50. The van der Waals surface area contributed by atoms with Crippen molar-refractivity contribution in [3.05, 3.63) is 71.9 Å². The zero-order valence-electron chi connectivity index (χ0n) is 20.4. The van der Waals surface area contributed by atoms with E-state index in [-0.39, 0.29) is 13.0 Å². The number of nitrogens with one attached hydrogen (secondary N) is 3. The van der Waals surface area contributed by atoms with Gasteiger partial charge in [0, 0.05) is 36.7 Å². The molecule has 198 valence electrons. The van der Waals surface area contributed by atoms with Gasteiger partial charge in [-0.15, -0.1) is 0 Å². The number of carbonyl (C=O) groups is 2. The summed E-state index contributed by atoms with van der Waals surface area (Å²) in [4.78, 5) is 29.4. The second-order valence-corrected chi connectivity index (χ2v) is 9.14. The normalized spacial score (nSPS) is 18.3. The fraction of sp³-hybridized carbons (Fsp3) is 0.407. The van der Waals surface area contributed by atoms with Crippen molar-refractivity contribution < 1.29 is 32.2 Å². The van der Waals surface area contributed by atoms with Crippen molar-refractivity contribution in [2.24, 2.45) is 5.92 Å². The molecule has 4 rings (SSSR count). The van der Waals surface area contributed by atoms with Crippen molar-refractivity contribution in [2.75, 3.05) is 13.7 Å². The number of esters is 1. The van der Waals surface area contributed by atoms with E-state index < -0.39 is 42.2 Å². The number of H-pyrrole nitrogens is 1. The number of hydrogen-bond acceptors (Lipinski definition) is 5. The van der Waals surface area contributed by atoms with Gasteiger partial charge in [0.15, 0.2) is 5.92 Å². The number of methoxy groups -OCH3 is 1. The Morgan fingerprint density at radius 3 is 2.51 bits per heavy atom. The second-order valence-electron chi connectivity index (χ2n) is 9.14. The van der Waals surface area contributed by atoms with Crippen LogP contribution in [0.4, 0.5) is 13.2 Å². The van der Waals surface area contributed by atoms with Gasteiger partial charge in [0.2, 0.25) is 5.91 Å². The lowest BCUT2D eigenvalue weighted by Crippen LogP contribution is -2.56. The monoisotopic (exact) mass is 517 g/mol. The summed E-state index contributed by atoms with van der Waals surface area (Å²) in [7, 11) is 1.16. The fourth-order valence-electron chi connectivity index (χ4n) is 4.81. The molecule has 0 aliphatic carbocycles. The standard InChI is InChI=1S/C27H30F3N3O4/c1-36-24(21-12-7-13-31-21)23(27(28,29)30)25(34)33-22(26(35)37-16-17-8-3-2-4-9-17)14-18-15-32-20-11-6-5-10-19(18)20/h2-6,8-11,15,21-24,31-32H,7,12-14,16H2,1H3,(H,33,34)/t21-,22-,23+,24-/m0/s1. The highest BCUT2D eigenvalue weighted by atomic mass is 19.4. The molecule has 0 unspecified atom stereocenters. The number of amides is 1. The van der Waals surface area contributed by atoms with Gasteiger partial charge in [-0.2, -0.15) is 13.2 Å². The van der Waals surface area contributed by atoms with Crippen molar-refractivity contribution in [3.63, 3.8) is 0 Å². The highest BCUT2D eigenvalue weighted by Gasteiger charge is 2.53. The van der Waals surface area contributed by atoms with E-state index in [1.807, 2.05) is 30.3 Å². The topological polar surface area (TPSA) is 92.5 Å². The van der Waals surface area contributed by atoms with E-state index >= 15 is 0 Å². The maximum atomic E-state index is 14.2. The van der Waals surface area contributed by atoms with E-state index in [0.717, 1.165) is 18.0 Å². The first-order chi connectivity index (χ1) is 17.8. The molecule has 3 aromatic rings. The van der Waals surface area contributed by atoms with Crippen LogP contribution in [-0.2, 0) is 32.1 Å². The zero-order valence-corrected chi connectivity index (χ0v) is 20.4. The van der Waals surface area contributed by atoms with Crippen LogP contribution in [0.3, 0.4) is 0 Å². The third-order valence-corrected chi connectivity index (χ3v) is 6.65. The van der Waals surface area contributed by atoms with Gasteiger partial charge >= 0.3 is 12.1 Å². The van der Waals surface area contributed by atoms with Crippen molar-refractivity contribution in [2.45, 2.75) is 50.2 Å². The summed E-state index contributed by atoms with van der Waals surface area (Å²) in [6.07, 6.45) is -3.55. The Morgan fingerprint density at radius 1 is 1.11 bits per heavy atom. The Balaban J connectivity index is 1.58. The molecule has 0 saturated carbocycles. The number of rotatable bonds is 10. The van der Waals surface area contributed by atoms with Gasteiger partial charge in [-0.05, 0) is 36.6 Å². The van der Waals surface area contributed by atoms with E-state index in [0.29, 0.717) is 30.5 Å². The maximum absolute atomic E-state index is 14.2. The molecule has 1 aliphatic rings.